The lowest BCUT2D eigenvalue weighted by Crippen LogP contribution is -2.53. The van der Waals surface area contributed by atoms with E-state index in [0.29, 0.717) is 26.2 Å². The second-order valence-corrected chi connectivity index (χ2v) is 9.88. The van der Waals surface area contributed by atoms with E-state index in [1.54, 1.807) is 4.90 Å². The number of hydrogen-bond acceptors (Lipinski definition) is 4. The predicted octanol–water partition coefficient (Wildman–Crippen LogP) is 1.29. The first kappa shape index (κ1) is 21.0. The average molecular weight is 410 g/mol. The van der Waals surface area contributed by atoms with E-state index in [2.05, 4.69) is 23.5 Å². The molecule has 28 heavy (non-hydrogen) atoms. The second kappa shape index (κ2) is 9.69. The van der Waals surface area contributed by atoms with Crippen LogP contribution >= 0.6 is 0 Å². The Labute approximate surface area is 167 Å². The van der Waals surface area contributed by atoms with Gasteiger partial charge in [0, 0.05) is 44.6 Å². The van der Waals surface area contributed by atoms with Crippen molar-refractivity contribution in [2.75, 3.05) is 38.5 Å². The topological polar surface area (TPSA) is 86.8 Å². The lowest BCUT2D eigenvalue weighted by molar-refractivity contribution is -0.137. The third-order valence-electron chi connectivity index (χ3n) is 5.86. The van der Waals surface area contributed by atoms with E-state index < -0.39 is 10.0 Å². The molecule has 0 radical (unpaired) electrons. The summed E-state index contributed by atoms with van der Waals surface area (Å²) in [6.07, 6.45) is 13.3. The van der Waals surface area contributed by atoms with E-state index in [9.17, 15) is 18.0 Å². The number of hydrogen-bond donors (Lipinski definition) is 1. The van der Waals surface area contributed by atoms with Crippen molar-refractivity contribution in [2.45, 2.75) is 38.5 Å². The zero-order chi connectivity index (χ0) is 20.0. The summed E-state index contributed by atoms with van der Waals surface area (Å²) >= 11 is 0. The molecule has 0 aromatic rings. The fourth-order valence-electron chi connectivity index (χ4n) is 4.07. The highest BCUT2D eigenvalue weighted by molar-refractivity contribution is 7.89. The molecule has 1 fully saturated rings. The highest BCUT2D eigenvalue weighted by Crippen LogP contribution is 2.22. The van der Waals surface area contributed by atoms with Crippen LogP contribution in [0.4, 0.5) is 0 Å². The minimum absolute atomic E-state index is 0.0398. The molecule has 0 aromatic heterocycles. The quantitative estimate of drug-likeness (QED) is 0.670. The molecule has 1 aliphatic heterocycles. The maximum absolute atomic E-state index is 12.6. The first-order valence-electron chi connectivity index (χ1n) is 10.3. The Kier molecular flexibility index (Phi) is 7.29. The van der Waals surface area contributed by atoms with Gasteiger partial charge in [-0.3, -0.25) is 9.59 Å². The Balaban J connectivity index is 1.41. The van der Waals surface area contributed by atoms with Crippen molar-refractivity contribution in [3.63, 3.8) is 0 Å². The Morgan fingerprint density at radius 1 is 0.893 bits per heavy atom. The molecule has 7 nitrogen and oxygen atoms in total. The number of nitrogens with one attached hydrogen (secondary N) is 1. The van der Waals surface area contributed by atoms with Gasteiger partial charge in [0.15, 0.2) is 0 Å². The van der Waals surface area contributed by atoms with Crippen LogP contribution in [0.15, 0.2) is 24.3 Å². The SMILES string of the molecule is O=C(NCCS(=O)(=O)N1CCN(C(=O)C2CC=CCC2)CC1)C1CC=CCC1. The van der Waals surface area contributed by atoms with Crippen molar-refractivity contribution in [3.8, 4) is 0 Å². The standard InChI is InChI=1S/C20H31N3O4S/c24-19(17-7-3-1-4-8-17)21-11-16-28(26,27)23-14-12-22(13-15-23)20(25)18-9-5-2-6-10-18/h1-3,5,17-18H,4,6-16H2,(H,21,24). The zero-order valence-electron chi connectivity index (χ0n) is 16.4. The number of carbonyl (C=O) groups excluding carboxylic acids is 2. The lowest BCUT2D eigenvalue weighted by atomic mass is 9.93. The van der Waals surface area contributed by atoms with Gasteiger partial charge in [-0.25, -0.2) is 8.42 Å². The van der Waals surface area contributed by atoms with Gasteiger partial charge < -0.3 is 10.2 Å². The van der Waals surface area contributed by atoms with Crippen molar-refractivity contribution in [1.29, 1.82) is 0 Å². The summed E-state index contributed by atoms with van der Waals surface area (Å²) in [6, 6.07) is 0. The molecule has 0 spiro atoms. The Bertz CT molecular complexity index is 724. The fraction of sp³-hybridized carbons (Fsp3) is 0.700. The van der Waals surface area contributed by atoms with E-state index in [1.807, 2.05) is 6.08 Å². The molecule has 2 amide bonds. The molecule has 2 atom stereocenters. The second-order valence-electron chi connectivity index (χ2n) is 7.79. The molecule has 3 rings (SSSR count). The van der Waals surface area contributed by atoms with Gasteiger partial charge in [-0.05, 0) is 38.5 Å². The summed E-state index contributed by atoms with van der Waals surface area (Å²) in [4.78, 5) is 26.5. The van der Waals surface area contributed by atoms with Gasteiger partial charge in [0.2, 0.25) is 21.8 Å². The summed E-state index contributed by atoms with van der Waals surface area (Å²) in [7, 11) is -3.43. The molecule has 2 unspecified atom stereocenters. The van der Waals surface area contributed by atoms with Crippen molar-refractivity contribution in [2.24, 2.45) is 11.8 Å². The Hall–Kier alpha value is -1.67. The molecule has 156 valence electrons. The Morgan fingerprint density at radius 2 is 1.50 bits per heavy atom. The van der Waals surface area contributed by atoms with E-state index in [1.165, 1.54) is 4.31 Å². The maximum Gasteiger partial charge on any atom is 0.226 e. The largest absolute Gasteiger partial charge is 0.355 e. The zero-order valence-corrected chi connectivity index (χ0v) is 17.2. The van der Waals surface area contributed by atoms with Crippen molar-refractivity contribution >= 4 is 21.8 Å². The smallest absolute Gasteiger partial charge is 0.226 e. The molecule has 3 aliphatic rings. The maximum atomic E-state index is 12.6. The van der Waals surface area contributed by atoms with E-state index in [0.717, 1.165) is 38.5 Å². The summed E-state index contributed by atoms with van der Waals surface area (Å²) in [5.41, 5.74) is 0. The number of sulfonamides is 1. The van der Waals surface area contributed by atoms with E-state index >= 15 is 0 Å². The monoisotopic (exact) mass is 409 g/mol. The number of piperazine rings is 1. The average Bonchev–Trinajstić information content (AvgIpc) is 2.74. The summed E-state index contributed by atoms with van der Waals surface area (Å²) in [6.45, 7) is 1.68. The number of rotatable bonds is 6. The van der Waals surface area contributed by atoms with Crippen LogP contribution in [0.1, 0.15) is 38.5 Å². The van der Waals surface area contributed by atoms with Crippen LogP contribution in [0.25, 0.3) is 0 Å². The van der Waals surface area contributed by atoms with Gasteiger partial charge in [-0.15, -0.1) is 0 Å². The molecule has 0 aromatic carbocycles. The van der Waals surface area contributed by atoms with Crippen molar-refractivity contribution < 1.29 is 18.0 Å². The van der Waals surface area contributed by atoms with Gasteiger partial charge in [0.1, 0.15) is 0 Å². The van der Waals surface area contributed by atoms with Crippen molar-refractivity contribution in [3.05, 3.63) is 24.3 Å². The number of carbonyl (C=O) groups is 2. The molecule has 0 saturated carbocycles. The normalized spacial score (nSPS) is 26.2. The number of allylic oxidation sites excluding steroid dienone is 4. The van der Waals surface area contributed by atoms with Gasteiger partial charge in [-0.1, -0.05) is 24.3 Å². The minimum Gasteiger partial charge on any atom is -0.355 e. The van der Waals surface area contributed by atoms with Gasteiger partial charge in [0.25, 0.3) is 0 Å². The summed E-state index contributed by atoms with van der Waals surface area (Å²) in [5.74, 6) is -0.00978. The molecule has 2 aliphatic carbocycles. The summed E-state index contributed by atoms with van der Waals surface area (Å²) in [5, 5.41) is 2.77. The third-order valence-corrected chi connectivity index (χ3v) is 7.73. The summed E-state index contributed by atoms with van der Waals surface area (Å²) < 4.78 is 26.6. The van der Waals surface area contributed by atoms with Gasteiger partial charge >= 0.3 is 0 Å². The molecule has 8 heteroatoms. The fourth-order valence-corrected chi connectivity index (χ4v) is 5.41. The van der Waals surface area contributed by atoms with Gasteiger partial charge in [-0.2, -0.15) is 4.31 Å². The van der Waals surface area contributed by atoms with Crippen LogP contribution < -0.4 is 5.32 Å². The lowest BCUT2D eigenvalue weighted by Gasteiger charge is -2.36. The molecule has 1 N–H and O–H groups in total. The van der Waals surface area contributed by atoms with Crippen LogP contribution in [0.2, 0.25) is 0 Å². The van der Waals surface area contributed by atoms with Crippen LogP contribution in [0.5, 0.6) is 0 Å². The van der Waals surface area contributed by atoms with Crippen LogP contribution in [-0.4, -0.2) is 67.9 Å². The van der Waals surface area contributed by atoms with E-state index in [-0.39, 0.29) is 35.9 Å². The first-order valence-corrected chi connectivity index (χ1v) is 11.9. The van der Waals surface area contributed by atoms with Gasteiger partial charge in [0.05, 0.1) is 5.75 Å². The molecular formula is C20H31N3O4S. The van der Waals surface area contributed by atoms with Crippen LogP contribution in [0, 0.1) is 11.8 Å². The number of nitrogens with zero attached hydrogens (tertiary/aromatic N) is 2. The molecule has 0 bridgehead atoms. The third kappa shape index (κ3) is 5.44. The predicted molar refractivity (Wildman–Crippen MR) is 108 cm³/mol. The van der Waals surface area contributed by atoms with E-state index in [4.69, 9.17) is 0 Å². The number of amides is 2. The highest BCUT2D eigenvalue weighted by atomic mass is 32.2. The Morgan fingerprint density at radius 3 is 2.07 bits per heavy atom. The first-order chi connectivity index (χ1) is 13.5. The van der Waals surface area contributed by atoms with Crippen LogP contribution in [-0.2, 0) is 19.6 Å². The van der Waals surface area contributed by atoms with Crippen LogP contribution in [0.3, 0.4) is 0 Å². The minimum atomic E-state index is -3.43. The molecule has 1 heterocycles. The molecular weight excluding hydrogens is 378 g/mol. The highest BCUT2D eigenvalue weighted by Gasteiger charge is 2.31. The van der Waals surface area contributed by atoms with Crippen molar-refractivity contribution in [1.82, 2.24) is 14.5 Å². The molecule has 1 saturated heterocycles.